The molecule has 0 bridgehead atoms. The summed E-state index contributed by atoms with van der Waals surface area (Å²) in [5.74, 6) is -3.56. The van der Waals surface area contributed by atoms with Crippen LogP contribution in [0.3, 0.4) is 0 Å². The van der Waals surface area contributed by atoms with Crippen molar-refractivity contribution >= 4 is 35.7 Å². The number of carbonyl (C=O) groups is 6. The van der Waals surface area contributed by atoms with Crippen molar-refractivity contribution in [2.24, 2.45) is 5.92 Å². The summed E-state index contributed by atoms with van der Waals surface area (Å²) in [5, 5.41) is 0.511. The lowest BCUT2D eigenvalue weighted by Crippen LogP contribution is -2.32. The molecule has 81 heavy (non-hydrogen) atoms. The van der Waals surface area contributed by atoms with Crippen LogP contribution in [0, 0.1) is 5.92 Å². The molecule has 1 aliphatic rings. The van der Waals surface area contributed by atoms with Crippen LogP contribution in [0.1, 0.15) is 213 Å². The highest BCUT2D eigenvalue weighted by atomic mass is 16.7. The van der Waals surface area contributed by atoms with Crippen molar-refractivity contribution < 1.29 is 85.7 Å². The molecule has 0 saturated carbocycles. The highest BCUT2D eigenvalue weighted by Gasteiger charge is 2.32. The molecule has 0 aromatic heterocycles. The predicted molar refractivity (Wildman–Crippen MR) is 309 cm³/mol. The highest BCUT2D eigenvalue weighted by molar-refractivity contribution is 6.01. The fraction of sp³-hybridized carbons (Fsp3) is 0.839. The number of allylic oxidation sites excluding steroid dienone is 4. The zero-order valence-corrected chi connectivity index (χ0v) is 50.5. The molecule has 0 spiro atoms. The number of nitrogens with zero attached hydrogens (tertiary/aromatic N) is 1. The van der Waals surface area contributed by atoms with Crippen molar-refractivity contribution in [1.29, 1.82) is 0 Å². The van der Waals surface area contributed by atoms with Crippen molar-refractivity contribution in [2.45, 2.75) is 220 Å². The summed E-state index contributed by atoms with van der Waals surface area (Å²) < 4.78 is 61.9. The maximum atomic E-state index is 13.1. The first-order chi connectivity index (χ1) is 39.7. The summed E-state index contributed by atoms with van der Waals surface area (Å²) in [4.78, 5) is 78.1. The zero-order valence-electron chi connectivity index (χ0n) is 50.5. The Labute approximate surface area is 487 Å². The van der Waals surface area contributed by atoms with Crippen LogP contribution in [-0.2, 0) is 85.7 Å². The highest BCUT2D eigenvalue weighted by Crippen LogP contribution is 2.15. The van der Waals surface area contributed by atoms with Gasteiger partial charge in [-0.3, -0.25) is 24.0 Å². The van der Waals surface area contributed by atoms with Crippen molar-refractivity contribution in [3.8, 4) is 0 Å². The van der Waals surface area contributed by atoms with E-state index in [1.165, 1.54) is 70.6 Å². The normalized spacial score (nSPS) is 13.1. The van der Waals surface area contributed by atoms with E-state index in [0.29, 0.717) is 84.0 Å². The number of unbranched alkanes of at least 4 members (excludes halogenated alkanes) is 18. The minimum absolute atomic E-state index is 0.00659. The van der Waals surface area contributed by atoms with Gasteiger partial charge in [0, 0.05) is 38.9 Å². The topological polar surface area (TPSA) is 216 Å². The molecule has 1 aliphatic heterocycles. The molecular weight excluding hydrogens is 1050 g/mol. The minimum Gasteiger partial charge on any atom is -0.465 e. The second kappa shape index (κ2) is 58.0. The average molecular weight is 1160 g/mol. The quantitative estimate of drug-likeness (QED) is 0.0138. The third-order valence-electron chi connectivity index (χ3n) is 12.9. The van der Waals surface area contributed by atoms with Crippen molar-refractivity contribution in [2.75, 3.05) is 112 Å². The van der Waals surface area contributed by atoms with E-state index >= 15 is 0 Å². The van der Waals surface area contributed by atoms with Crippen LogP contribution in [0.4, 0.5) is 0 Å². The van der Waals surface area contributed by atoms with E-state index in [1.807, 2.05) is 0 Å². The first-order valence-electron chi connectivity index (χ1n) is 31.2. The molecule has 19 nitrogen and oxygen atoms in total. The van der Waals surface area contributed by atoms with Gasteiger partial charge >= 0.3 is 23.9 Å². The number of hydroxylamine groups is 2. The van der Waals surface area contributed by atoms with Gasteiger partial charge in [0.2, 0.25) is 0 Å². The molecule has 1 saturated heterocycles. The number of hydrogen-bond donors (Lipinski definition) is 0. The third kappa shape index (κ3) is 50.4. The zero-order chi connectivity index (χ0) is 58.7. The molecule has 1 atom stereocenters. The van der Waals surface area contributed by atoms with Gasteiger partial charge in [0.1, 0.15) is 19.8 Å². The fourth-order valence-corrected chi connectivity index (χ4v) is 8.04. The van der Waals surface area contributed by atoms with Gasteiger partial charge in [-0.25, -0.2) is 4.79 Å². The maximum Gasteiger partial charge on any atom is 0.335 e. The van der Waals surface area contributed by atoms with Gasteiger partial charge in [-0.1, -0.05) is 141 Å². The largest absolute Gasteiger partial charge is 0.465 e. The van der Waals surface area contributed by atoms with Crippen LogP contribution in [0.15, 0.2) is 24.3 Å². The van der Waals surface area contributed by atoms with Crippen molar-refractivity contribution in [3.05, 3.63) is 24.3 Å². The molecule has 470 valence electrons. The Morgan fingerprint density at radius 1 is 0.395 bits per heavy atom. The van der Waals surface area contributed by atoms with E-state index in [-0.39, 0.29) is 84.3 Å². The molecule has 0 radical (unpaired) electrons. The predicted octanol–water partition coefficient (Wildman–Crippen LogP) is 11.4. The van der Waals surface area contributed by atoms with E-state index in [2.05, 4.69) is 45.1 Å². The number of hydrogen-bond acceptors (Lipinski definition) is 18. The Kier molecular flexibility index (Phi) is 53.8. The van der Waals surface area contributed by atoms with Gasteiger partial charge in [-0.15, -0.1) is 5.06 Å². The molecule has 1 fully saturated rings. The third-order valence-corrected chi connectivity index (χ3v) is 12.9. The standard InChI is InChI=1S/C62H109NO18/c1-4-7-10-13-16-17-18-19-20-21-22-23-24-25-28-31-58(66)78-52-55(53-79-59(67)34-35-62(76-38-29-26-14-11-8-5-2)77-39-30-27-15-12-9-6-3)54-80-60(68)36-40-70-42-44-72-46-48-74-50-51-75-49-47-73-45-43-71-41-37-61(69)81-63-56(64)32-33-57(63)65/h16-17,19-20,55,62H,4-15,18,21-54H2,1-3H3/b17-16-,20-19-. The lowest BCUT2D eigenvalue weighted by Gasteiger charge is -2.20. The molecule has 1 rings (SSSR count). The molecule has 0 aromatic carbocycles. The first kappa shape index (κ1) is 75.2. The first-order valence-corrected chi connectivity index (χ1v) is 31.2. The van der Waals surface area contributed by atoms with Crippen LogP contribution in [0.5, 0.6) is 0 Å². The Balaban J connectivity index is 2.37. The van der Waals surface area contributed by atoms with Gasteiger partial charge in [0.25, 0.3) is 11.8 Å². The van der Waals surface area contributed by atoms with Crippen LogP contribution < -0.4 is 0 Å². The monoisotopic (exact) mass is 1160 g/mol. The Bertz CT molecular complexity index is 1560. The SMILES string of the molecule is CCCCC/C=C\C/C=C\CCCCCCCC(=O)OCC(COC(=O)CCOCCOCCOCCOCCOCCOCCC(=O)ON1C(=O)CCC1=O)COC(=O)CCC(OCCCCCCCC)OCCCCCCCC. The second-order valence-corrected chi connectivity index (χ2v) is 20.4. The molecule has 0 N–H and O–H groups in total. The van der Waals surface area contributed by atoms with Crippen LogP contribution in [0.2, 0.25) is 0 Å². The lowest BCUT2D eigenvalue weighted by atomic mass is 10.1. The number of rotatable bonds is 61. The number of imide groups is 1. The summed E-state index contributed by atoms with van der Waals surface area (Å²) in [6, 6.07) is 0. The molecule has 2 amide bonds. The van der Waals surface area contributed by atoms with Gasteiger partial charge in [0.15, 0.2) is 6.29 Å². The van der Waals surface area contributed by atoms with Crippen LogP contribution >= 0.6 is 0 Å². The average Bonchev–Trinajstić information content (AvgIpc) is 3.79. The number of amides is 2. The molecule has 0 aliphatic carbocycles. The van der Waals surface area contributed by atoms with Crippen molar-refractivity contribution in [1.82, 2.24) is 5.06 Å². The van der Waals surface area contributed by atoms with E-state index < -0.39 is 41.9 Å². The van der Waals surface area contributed by atoms with Crippen LogP contribution in [-0.4, -0.2) is 159 Å². The Morgan fingerprint density at radius 3 is 1.22 bits per heavy atom. The summed E-state index contributed by atoms with van der Waals surface area (Å²) >= 11 is 0. The molecule has 0 aromatic rings. The second-order valence-electron chi connectivity index (χ2n) is 20.4. The van der Waals surface area contributed by atoms with Gasteiger partial charge < -0.3 is 56.9 Å². The maximum absolute atomic E-state index is 13.1. The van der Waals surface area contributed by atoms with E-state index in [1.54, 1.807) is 0 Å². The fourth-order valence-electron chi connectivity index (χ4n) is 8.04. The van der Waals surface area contributed by atoms with Gasteiger partial charge in [-0.2, -0.15) is 0 Å². The summed E-state index contributed by atoms with van der Waals surface area (Å²) in [6.45, 7) is 11.1. The number of carbonyl (C=O) groups excluding carboxylic acids is 6. The summed E-state index contributed by atoms with van der Waals surface area (Å²) in [7, 11) is 0. The number of esters is 3. The Morgan fingerprint density at radius 2 is 0.753 bits per heavy atom. The lowest BCUT2D eigenvalue weighted by molar-refractivity contribution is -0.198. The van der Waals surface area contributed by atoms with Gasteiger partial charge in [-0.05, 0) is 51.4 Å². The van der Waals surface area contributed by atoms with Crippen molar-refractivity contribution in [3.63, 3.8) is 0 Å². The van der Waals surface area contributed by atoms with Crippen LogP contribution in [0.25, 0.3) is 0 Å². The molecule has 1 unspecified atom stereocenters. The Hall–Kier alpha value is -3.82. The number of ether oxygens (including phenoxy) is 11. The summed E-state index contributed by atoms with van der Waals surface area (Å²) in [6.07, 6.45) is 35.1. The van der Waals surface area contributed by atoms with E-state index in [0.717, 1.165) is 77.0 Å². The smallest absolute Gasteiger partial charge is 0.335 e. The van der Waals surface area contributed by atoms with E-state index in [9.17, 15) is 28.8 Å². The minimum atomic E-state index is -0.717. The molecular formula is C62H109NO18. The summed E-state index contributed by atoms with van der Waals surface area (Å²) in [5.41, 5.74) is 0. The molecule has 19 heteroatoms. The molecule has 1 heterocycles. The van der Waals surface area contributed by atoms with Gasteiger partial charge in [0.05, 0.1) is 104 Å². The van der Waals surface area contributed by atoms with E-state index in [4.69, 9.17) is 56.9 Å².